The first-order valence-corrected chi connectivity index (χ1v) is 10.3. The molecule has 2 aliphatic rings. The summed E-state index contributed by atoms with van der Waals surface area (Å²) in [5.41, 5.74) is -1.06. The summed E-state index contributed by atoms with van der Waals surface area (Å²) in [5, 5.41) is 17.0. The third-order valence-electron chi connectivity index (χ3n) is 6.23. The lowest BCUT2D eigenvalue weighted by atomic mass is 9.86. The number of hydrogen-bond donors (Lipinski definition) is 3. The zero-order valence-electron chi connectivity index (χ0n) is 16.7. The largest absolute Gasteiger partial charge is 0.494 e. The first-order valence-electron chi connectivity index (χ1n) is 10.3. The van der Waals surface area contributed by atoms with Gasteiger partial charge < -0.3 is 19.7 Å². The standard InChI is InChI=1S/C23H22FN3O4/c24-17-6-4-16(5-7-17)23(21(29)25-22(30)26-23)13-27-11-15-10-18(8-9-19(15)20(27)28)31-12-14-2-1-3-14/h4-11,14,28H,1-3,12-13H2,(H2,25,26,29,30)/t23-/m0/s1. The van der Waals surface area contributed by atoms with Crippen molar-refractivity contribution in [2.45, 2.75) is 31.3 Å². The minimum atomic E-state index is -1.47. The zero-order valence-corrected chi connectivity index (χ0v) is 16.7. The SMILES string of the molecule is O=C1NC(=O)[C@](Cn2cc3cc(OCC4CCC4)ccc3c2O)(c2ccc(F)cc2)N1. The van der Waals surface area contributed by atoms with E-state index in [1.807, 2.05) is 12.1 Å². The van der Waals surface area contributed by atoms with Crippen LogP contribution in [0, 0.1) is 11.7 Å². The van der Waals surface area contributed by atoms with Gasteiger partial charge >= 0.3 is 6.03 Å². The van der Waals surface area contributed by atoms with Gasteiger partial charge in [-0.3, -0.25) is 10.1 Å². The minimum absolute atomic E-state index is 0.0315. The fourth-order valence-corrected chi connectivity index (χ4v) is 4.21. The zero-order chi connectivity index (χ0) is 21.6. The predicted octanol–water partition coefficient (Wildman–Crippen LogP) is 3.40. The average Bonchev–Trinajstić information content (AvgIpc) is 3.17. The molecule has 2 heterocycles. The Hall–Kier alpha value is -3.55. The summed E-state index contributed by atoms with van der Waals surface area (Å²) in [5.74, 6) is 0.278. The number of imide groups is 1. The van der Waals surface area contributed by atoms with E-state index in [9.17, 15) is 19.1 Å². The number of carbonyl (C=O) groups excluding carboxylic acids is 2. The van der Waals surface area contributed by atoms with Gasteiger partial charge in [-0.15, -0.1) is 0 Å². The quantitative estimate of drug-likeness (QED) is 0.530. The van der Waals surface area contributed by atoms with E-state index in [0.29, 0.717) is 23.5 Å². The number of fused-ring (bicyclic) bond motifs is 1. The van der Waals surface area contributed by atoms with Crippen molar-refractivity contribution in [3.63, 3.8) is 0 Å². The topological polar surface area (TPSA) is 92.6 Å². The van der Waals surface area contributed by atoms with Crippen LogP contribution in [0.5, 0.6) is 11.6 Å². The van der Waals surface area contributed by atoms with Crippen molar-refractivity contribution in [2.75, 3.05) is 6.61 Å². The van der Waals surface area contributed by atoms with E-state index < -0.39 is 23.3 Å². The van der Waals surface area contributed by atoms with Crippen molar-refractivity contribution >= 4 is 22.7 Å². The highest BCUT2D eigenvalue weighted by Gasteiger charge is 2.48. The molecule has 0 unspecified atom stereocenters. The molecule has 0 bridgehead atoms. The second-order valence-corrected chi connectivity index (χ2v) is 8.26. The Morgan fingerprint density at radius 1 is 1.16 bits per heavy atom. The number of aromatic hydroxyl groups is 1. The van der Waals surface area contributed by atoms with Crippen LogP contribution in [0.1, 0.15) is 24.8 Å². The average molecular weight is 423 g/mol. The molecular weight excluding hydrogens is 401 g/mol. The summed E-state index contributed by atoms with van der Waals surface area (Å²) in [4.78, 5) is 24.7. The molecule has 0 radical (unpaired) electrons. The molecule has 3 amide bonds. The van der Waals surface area contributed by atoms with Gasteiger partial charge in [-0.1, -0.05) is 18.6 Å². The maximum Gasteiger partial charge on any atom is 0.322 e. The number of nitrogens with one attached hydrogen (secondary N) is 2. The van der Waals surface area contributed by atoms with Gasteiger partial charge in [0, 0.05) is 17.0 Å². The highest BCUT2D eigenvalue weighted by Crippen LogP contribution is 2.35. The number of benzene rings is 2. The van der Waals surface area contributed by atoms with Gasteiger partial charge in [0.15, 0.2) is 11.4 Å². The maximum absolute atomic E-state index is 13.4. The Bertz CT molecular complexity index is 1170. The second-order valence-electron chi connectivity index (χ2n) is 8.26. The third-order valence-corrected chi connectivity index (χ3v) is 6.23. The van der Waals surface area contributed by atoms with Gasteiger partial charge in [-0.25, -0.2) is 9.18 Å². The predicted molar refractivity (Wildman–Crippen MR) is 111 cm³/mol. The van der Waals surface area contributed by atoms with Gasteiger partial charge in [-0.05, 0) is 54.7 Å². The molecule has 160 valence electrons. The van der Waals surface area contributed by atoms with E-state index in [-0.39, 0.29) is 12.4 Å². The lowest BCUT2D eigenvalue weighted by Crippen LogP contribution is -2.47. The molecule has 5 rings (SSSR count). The van der Waals surface area contributed by atoms with Crippen LogP contribution in [-0.2, 0) is 16.9 Å². The third kappa shape index (κ3) is 3.37. The number of carbonyl (C=O) groups is 2. The van der Waals surface area contributed by atoms with Crippen LogP contribution in [0.4, 0.5) is 9.18 Å². The molecule has 0 spiro atoms. The van der Waals surface area contributed by atoms with Crippen molar-refractivity contribution in [1.29, 1.82) is 0 Å². The van der Waals surface area contributed by atoms with Gasteiger partial charge in [0.1, 0.15) is 11.6 Å². The Balaban J connectivity index is 1.48. The Morgan fingerprint density at radius 3 is 2.58 bits per heavy atom. The van der Waals surface area contributed by atoms with Crippen molar-refractivity contribution in [3.8, 4) is 11.6 Å². The van der Waals surface area contributed by atoms with E-state index in [2.05, 4.69) is 10.6 Å². The van der Waals surface area contributed by atoms with E-state index in [0.717, 1.165) is 11.1 Å². The number of hydrogen-bond acceptors (Lipinski definition) is 4. The summed E-state index contributed by atoms with van der Waals surface area (Å²) >= 11 is 0. The number of rotatable bonds is 6. The van der Waals surface area contributed by atoms with E-state index >= 15 is 0 Å². The lowest BCUT2D eigenvalue weighted by Gasteiger charge is -2.27. The Labute approximate surface area is 177 Å². The maximum atomic E-state index is 13.4. The molecule has 31 heavy (non-hydrogen) atoms. The van der Waals surface area contributed by atoms with Crippen LogP contribution < -0.4 is 15.4 Å². The Kier molecular flexibility index (Phi) is 4.57. The summed E-state index contributed by atoms with van der Waals surface area (Å²) in [6.45, 7) is 0.618. The van der Waals surface area contributed by atoms with Crippen LogP contribution in [0.2, 0.25) is 0 Å². The van der Waals surface area contributed by atoms with Crippen LogP contribution in [-0.4, -0.2) is 28.2 Å². The summed E-state index contributed by atoms with van der Waals surface area (Å²) in [7, 11) is 0. The summed E-state index contributed by atoms with van der Waals surface area (Å²) in [6.07, 6.45) is 5.35. The smallest absolute Gasteiger partial charge is 0.322 e. The fraction of sp³-hybridized carbons (Fsp3) is 0.304. The number of halogens is 1. The van der Waals surface area contributed by atoms with E-state index in [1.165, 1.54) is 48.1 Å². The van der Waals surface area contributed by atoms with Gasteiger partial charge in [0.05, 0.1) is 13.2 Å². The van der Waals surface area contributed by atoms with Gasteiger partial charge in [-0.2, -0.15) is 0 Å². The first kappa shape index (κ1) is 19.4. The molecule has 1 saturated heterocycles. The molecule has 8 heteroatoms. The molecule has 7 nitrogen and oxygen atoms in total. The molecule has 1 atom stereocenters. The number of amides is 3. The normalized spacial score (nSPS) is 21.1. The summed E-state index contributed by atoms with van der Waals surface area (Å²) < 4.78 is 20.8. The lowest BCUT2D eigenvalue weighted by molar-refractivity contribution is -0.124. The Morgan fingerprint density at radius 2 is 1.94 bits per heavy atom. The van der Waals surface area contributed by atoms with Crippen LogP contribution >= 0.6 is 0 Å². The van der Waals surface area contributed by atoms with E-state index in [4.69, 9.17) is 4.74 Å². The molecule has 3 aromatic rings. The monoisotopic (exact) mass is 423 g/mol. The number of ether oxygens (including phenoxy) is 1. The van der Waals surface area contributed by atoms with Crippen LogP contribution in [0.3, 0.4) is 0 Å². The van der Waals surface area contributed by atoms with Crippen LogP contribution in [0.25, 0.3) is 10.8 Å². The molecule has 2 aromatic carbocycles. The first-order chi connectivity index (χ1) is 14.9. The highest BCUT2D eigenvalue weighted by molar-refractivity contribution is 6.07. The summed E-state index contributed by atoms with van der Waals surface area (Å²) in [6, 6.07) is 10.2. The van der Waals surface area contributed by atoms with Crippen molar-refractivity contribution < 1.29 is 23.8 Å². The van der Waals surface area contributed by atoms with Crippen molar-refractivity contribution in [3.05, 3.63) is 60.0 Å². The number of nitrogens with zero attached hydrogens (tertiary/aromatic N) is 1. The number of aromatic nitrogens is 1. The highest BCUT2D eigenvalue weighted by atomic mass is 19.1. The molecule has 1 aromatic heterocycles. The minimum Gasteiger partial charge on any atom is -0.494 e. The molecule has 2 fully saturated rings. The molecular formula is C23H22FN3O4. The fourth-order valence-electron chi connectivity index (χ4n) is 4.21. The molecule has 1 aliphatic carbocycles. The number of urea groups is 1. The molecule has 1 aliphatic heterocycles. The van der Waals surface area contributed by atoms with Crippen molar-refractivity contribution in [1.82, 2.24) is 15.2 Å². The molecule has 3 N–H and O–H groups in total. The van der Waals surface area contributed by atoms with E-state index in [1.54, 1.807) is 12.3 Å². The van der Waals surface area contributed by atoms with Gasteiger partial charge in [0.25, 0.3) is 5.91 Å². The van der Waals surface area contributed by atoms with Crippen LogP contribution in [0.15, 0.2) is 48.7 Å². The van der Waals surface area contributed by atoms with Crippen molar-refractivity contribution in [2.24, 2.45) is 5.92 Å². The molecule has 1 saturated carbocycles. The van der Waals surface area contributed by atoms with Gasteiger partial charge in [0.2, 0.25) is 0 Å². The second kappa shape index (κ2) is 7.30.